The number of carboxylic acids is 1. The van der Waals surface area contributed by atoms with Crippen molar-refractivity contribution >= 4 is 5.97 Å². The molecule has 1 heterocycles. The van der Waals surface area contributed by atoms with E-state index in [0.717, 1.165) is 19.4 Å². The summed E-state index contributed by atoms with van der Waals surface area (Å²) in [5.41, 5.74) is 0. The molecule has 1 rings (SSSR count). The van der Waals surface area contributed by atoms with Crippen LogP contribution in [-0.2, 0) is 4.79 Å². The van der Waals surface area contributed by atoms with E-state index in [1.165, 1.54) is 6.08 Å². The van der Waals surface area contributed by atoms with Gasteiger partial charge < -0.3 is 10.4 Å². The van der Waals surface area contributed by atoms with Crippen molar-refractivity contribution in [3.63, 3.8) is 0 Å². The SMILES string of the molecule is O=C(O)C=CC1CCCN1. The Morgan fingerprint density at radius 1 is 1.70 bits per heavy atom. The Hall–Kier alpha value is -0.830. The molecule has 0 aromatic heterocycles. The molecule has 1 unspecified atom stereocenters. The van der Waals surface area contributed by atoms with Crippen LogP contribution in [-0.4, -0.2) is 23.7 Å². The van der Waals surface area contributed by atoms with E-state index < -0.39 is 5.97 Å². The molecule has 56 valence electrons. The van der Waals surface area contributed by atoms with Crippen LogP contribution >= 0.6 is 0 Å². The van der Waals surface area contributed by atoms with Gasteiger partial charge in [0.2, 0.25) is 0 Å². The lowest BCUT2D eigenvalue weighted by Gasteiger charge is -1.99. The standard InChI is InChI=1S/C7H11NO2/c9-7(10)4-3-6-2-1-5-8-6/h3-4,6,8H,1-2,5H2,(H,9,10). The van der Waals surface area contributed by atoms with Gasteiger partial charge in [-0.3, -0.25) is 0 Å². The minimum Gasteiger partial charge on any atom is -0.478 e. The fourth-order valence-corrected chi connectivity index (χ4v) is 1.07. The molecule has 3 nitrogen and oxygen atoms in total. The zero-order valence-corrected chi connectivity index (χ0v) is 5.71. The quantitative estimate of drug-likeness (QED) is 0.546. The number of rotatable bonds is 2. The first-order valence-corrected chi connectivity index (χ1v) is 3.43. The highest BCUT2D eigenvalue weighted by molar-refractivity contribution is 5.79. The molecule has 0 aromatic rings. The molecule has 1 atom stereocenters. The number of carboxylic acid groups (broad SMARTS) is 1. The summed E-state index contributed by atoms with van der Waals surface area (Å²) in [6.07, 6.45) is 5.11. The van der Waals surface area contributed by atoms with Gasteiger partial charge in [0.25, 0.3) is 0 Å². The molecule has 0 saturated carbocycles. The molecular formula is C7H11NO2. The first-order chi connectivity index (χ1) is 4.79. The van der Waals surface area contributed by atoms with Crippen LogP contribution in [0.2, 0.25) is 0 Å². The second-order valence-corrected chi connectivity index (χ2v) is 2.40. The zero-order valence-electron chi connectivity index (χ0n) is 5.71. The zero-order chi connectivity index (χ0) is 7.40. The molecule has 0 amide bonds. The Balaban J connectivity index is 2.29. The summed E-state index contributed by atoms with van der Waals surface area (Å²) in [5, 5.41) is 11.4. The smallest absolute Gasteiger partial charge is 0.328 e. The summed E-state index contributed by atoms with van der Waals surface area (Å²) in [6.45, 7) is 1.01. The minimum absolute atomic E-state index is 0.288. The van der Waals surface area contributed by atoms with E-state index in [2.05, 4.69) is 5.32 Å². The molecule has 1 fully saturated rings. The van der Waals surface area contributed by atoms with Gasteiger partial charge in [-0.05, 0) is 19.4 Å². The maximum Gasteiger partial charge on any atom is 0.328 e. The van der Waals surface area contributed by atoms with E-state index in [1.807, 2.05) is 0 Å². The summed E-state index contributed by atoms with van der Waals surface area (Å²) >= 11 is 0. The van der Waals surface area contributed by atoms with E-state index in [-0.39, 0.29) is 6.04 Å². The largest absolute Gasteiger partial charge is 0.478 e. The molecule has 1 saturated heterocycles. The molecular weight excluding hydrogens is 130 g/mol. The third-order valence-electron chi connectivity index (χ3n) is 1.57. The maximum atomic E-state index is 10.0. The lowest BCUT2D eigenvalue weighted by Crippen LogP contribution is -2.18. The van der Waals surface area contributed by atoms with Crippen molar-refractivity contribution < 1.29 is 9.90 Å². The Kier molecular flexibility index (Phi) is 2.45. The molecule has 0 aliphatic carbocycles. The number of nitrogens with one attached hydrogen (secondary N) is 1. The molecule has 0 radical (unpaired) electrons. The van der Waals surface area contributed by atoms with Gasteiger partial charge in [-0.15, -0.1) is 0 Å². The fourth-order valence-electron chi connectivity index (χ4n) is 1.07. The van der Waals surface area contributed by atoms with Crippen molar-refractivity contribution in [2.75, 3.05) is 6.54 Å². The highest BCUT2D eigenvalue weighted by Gasteiger charge is 2.09. The molecule has 1 aliphatic heterocycles. The van der Waals surface area contributed by atoms with Crippen molar-refractivity contribution in [3.8, 4) is 0 Å². The first-order valence-electron chi connectivity index (χ1n) is 3.43. The van der Waals surface area contributed by atoms with Crippen LogP contribution in [0.15, 0.2) is 12.2 Å². The van der Waals surface area contributed by atoms with Crippen LogP contribution < -0.4 is 5.32 Å². The van der Waals surface area contributed by atoms with Crippen LogP contribution in [0.1, 0.15) is 12.8 Å². The Bertz CT molecular complexity index is 148. The predicted octanol–water partition coefficient (Wildman–Crippen LogP) is 0.379. The van der Waals surface area contributed by atoms with E-state index in [1.54, 1.807) is 6.08 Å². The Morgan fingerprint density at radius 3 is 3.00 bits per heavy atom. The molecule has 2 N–H and O–H groups in total. The summed E-state index contributed by atoms with van der Waals surface area (Å²) in [5.74, 6) is -0.867. The van der Waals surface area contributed by atoms with Crippen LogP contribution in [0, 0.1) is 0 Å². The van der Waals surface area contributed by atoms with Gasteiger partial charge in [-0.1, -0.05) is 6.08 Å². The second kappa shape index (κ2) is 3.37. The summed E-state index contributed by atoms with van der Waals surface area (Å²) in [7, 11) is 0. The molecule has 0 aromatic carbocycles. The average Bonchev–Trinajstić information content (AvgIpc) is 2.34. The van der Waals surface area contributed by atoms with Crippen LogP contribution in [0.25, 0.3) is 0 Å². The molecule has 0 bridgehead atoms. The van der Waals surface area contributed by atoms with Gasteiger partial charge in [0, 0.05) is 12.1 Å². The van der Waals surface area contributed by atoms with Gasteiger partial charge >= 0.3 is 5.97 Å². The van der Waals surface area contributed by atoms with Gasteiger partial charge in [0.1, 0.15) is 0 Å². The summed E-state index contributed by atoms with van der Waals surface area (Å²) in [4.78, 5) is 10.0. The number of aliphatic carboxylic acids is 1. The lowest BCUT2D eigenvalue weighted by atomic mass is 10.2. The van der Waals surface area contributed by atoms with Crippen molar-refractivity contribution in [1.82, 2.24) is 5.32 Å². The maximum absolute atomic E-state index is 10.0. The third kappa shape index (κ3) is 2.19. The van der Waals surface area contributed by atoms with Crippen molar-refractivity contribution in [1.29, 1.82) is 0 Å². The molecule has 3 heteroatoms. The second-order valence-electron chi connectivity index (χ2n) is 2.40. The number of hydrogen-bond acceptors (Lipinski definition) is 2. The normalized spacial score (nSPS) is 25.8. The highest BCUT2D eigenvalue weighted by Crippen LogP contribution is 2.05. The topological polar surface area (TPSA) is 49.3 Å². The van der Waals surface area contributed by atoms with Gasteiger partial charge in [0.15, 0.2) is 0 Å². The lowest BCUT2D eigenvalue weighted by molar-refractivity contribution is -0.131. The molecule has 1 aliphatic rings. The predicted molar refractivity (Wildman–Crippen MR) is 37.8 cm³/mol. The van der Waals surface area contributed by atoms with E-state index in [0.29, 0.717) is 0 Å². The third-order valence-corrected chi connectivity index (χ3v) is 1.57. The Morgan fingerprint density at radius 2 is 2.50 bits per heavy atom. The van der Waals surface area contributed by atoms with Crippen LogP contribution in [0.4, 0.5) is 0 Å². The van der Waals surface area contributed by atoms with Crippen molar-refractivity contribution in [3.05, 3.63) is 12.2 Å². The van der Waals surface area contributed by atoms with Gasteiger partial charge in [0.05, 0.1) is 0 Å². The monoisotopic (exact) mass is 141 g/mol. The van der Waals surface area contributed by atoms with E-state index >= 15 is 0 Å². The number of hydrogen-bond donors (Lipinski definition) is 2. The average molecular weight is 141 g/mol. The molecule has 0 spiro atoms. The minimum atomic E-state index is -0.867. The highest BCUT2D eigenvalue weighted by atomic mass is 16.4. The first kappa shape index (κ1) is 7.28. The number of carbonyl (C=O) groups is 1. The van der Waals surface area contributed by atoms with E-state index in [4.69, 9.17) is 5.11 Å². The summed E-state index contributed by atoms with van der Waals surface area (Å²) < 4.78 is 0. The van der Waals surface area contributed by atoms with Crippen molar-refractivity contribution in [2.24, 2.45) is 0 Å². The summed E-state index contributed by atoms with van der Waals surface area (Å²) in [6, 6.07) is 0.288. The van der Waals surface area contributed by atoms with Crippen LogP contribution in [0.3, 0.4) is 0 Å². The fraction of sp³-hybridized carbons (Fsp3) is 0.571. The van der Waals surface area contributed by atoms with Crippen LogP contribution in [0.5, 0.6) is 0 Å². The van der Waals surface area contributed by atoms with Crippen molar-refractivity contribution in [2.45, 2.75) is 18.9 Å². The van der Waals surface area contributed by atoms with E-state index in [9.17, 15) is 4.79 Å². The van der Waals surface area contributed by atoms with Gasteiger partial charge in [-0.2, -0.15) is 0 Å². The molecule has 10 heavy (non-hydrogen) atoms. The van der Waals surface area contributed by atoms with Gasteiger partial charge in [-0.25, -0.2) is 4.79 Å². The Labute approximate surface area is 59.7 Å².